The highest BCUT2D eigenvalue weighted by Crippen LogP contribution is 2.43. The molecule has 3 aliphatic rings. The SMILES string of the molecule is CCOc1cccc(C=O)c1OC(F)F.CCOc1cccc(CN(Cc2ccc(OC)cc2OC)C(=O)c2cc(C3CC3)nn2C)c1OC(F)F.CCOc1cccc(CNC(=O)c2cc(C3CC3)nn2C)c1OC(F)F.CCOc1cccc(CNCc2ccc(OC)cc2OC)c1OC(F)F.COc1ccc(CN)c(OC)c1.Cn1nc(C2CC2)cc1C(=O)O. The summed E-state index contributed by atoms with van der Waals surface area (Å²) in [4.78, 5) is 49.1. The average Bonchev–Trinajstić information content (AvgIpc) is 1.66. The van der Waals surface area contributed by atoms with Crippen molar-refractivity contribution >= 4 is 24.1 Å². The molecule has 0 spiro atoms. The molecule has 3 fully saturated rings. The molecule has 0 bridgehead atoms. The first-order valence-electron chi connectivity index (χ1n) is 40.8. The molecule has 0 aliphatic heterocycles. The van der Waals surface area contributed by atoms with Gasteiger partial charge in [-0.15, -0.1) is 0 Å². The average molecular weight is 1800 g/mol. The van der Waals surface area contributed by atoms with E-state index < -0.39 is 32.4 Å². The smallest absolute Gasteiger partial charge is 0.387 e. The van der Waals surface area contributed by atoms with Gasteiger partial charge in [0.05, 0.1) is 105 Å². The summed E-state index contributed by atoms with van der Waals surface area (Å²) in [5.74, 6) is 4.41. The van der Waals surface area contributed by atoms with Gasteiger partial charge in [-0.05, 0) is 139 Å². The second-order valence-corrected chi connectivity index (χ2v) is 28.3. The fourth-order valence-electron chi connectivity index (χ4n) is 12.9. The largest absolute Gasteiger partial charge is 0.497 e. The van der Waals surface area contributed by atoms with Crippen molar-refractivity contribution in [2.45, 2.75) is 150 Å². The van der Waals surface area contributed by atoms with E-state index in [9.17, 15) is 54.3 Å². The Kier molecular flexibility index (Phi) is 39.3. The molecule has 37 heteroatoms. The van der Waals surface area contributed by atoms with E-state index in [1.165, 1.54) is 34.7 Å². The molecule has 3 heterocycles. The van der Waals surface area contributed by atoms with Crippen LogP contribution in [0.15, 0.2) is 146 Å². The van der Waals surface area contributed by atoms with Crippen LogP contribution in [0.4, 0.5) is 35.1 Å². The number of halogens is 8. The number of carboxylic acids is 1. The summed E-state index contributed by atoms with van der Waals surface area (Å²) in [6.45, 7) is -2.22. The minimum atomic E-state index is -3.05. The first-order valence-corrected chi connectivity index (χ1v) is 40.8. The number of nitrogens with zero attached hydrogens (tertiary/aromatic N) is 7. The number of aromatic carboxylic acids is 1. The molecule has 0 unspecified atom stereocenters. The summed E-state index contributed by atoms with van der Waals surface area (Å²) in [5.41, 5.74) is 13.4. The molecule has 128 heavy (non-hydrogen) atoms. The van der Waals surface area contributed by atoms with Crippen LogP contribution in [0.3, 0.4) is 0 Å². The lowest BCUT2D eigenvalue weighted by Crippen LogP contribution is -2.32. The molecule has 7 aromatic carbocycles. The fraction of sp³-hybridized carbons (Fsp3) is 0.396. The second-order valence-electron chi connectivity index (χ2n) is 28.3. The molecule has 692 valence electrons. The number of hydrogen-bond acceptors (Lipinski definition) is 23. The van der Waals surface area contributed by atoms with Crippen LogP contribution in [-0.2, 0) is 60.4 Å². The third kappa shape index (κ3) is 29.7. The monoisotopic (exact) mass is 1800 g/mol. The van der Waals surface area contributed by atoms with Gasteiger partial charge in [0.2, 0.25) is 0 Å². The summed E-state index contributed by atoms with van der Waals surface area (Å²) in [6.07, 6.45) is 7.03. The Bertz CT molecular complexity index is 5220. The third-order valence-electron chi connectivity index (χ3n) is 19.5. The number of para-hydroxylation sites is 4. The van der Waals surface area contributed by atoms with E-state index in [4.69, 9.17) is 62.9 Å². The molecule has 0 saturated heterocycles. The molecular formula is C91H108F8N10O19. The molecule has 13 rings (SSSR count). The number of amides is 2. The highest BCUT2D eigenvalue weighted by Gasteiger charge is 2.33. The van der Waals surface area contributed by atoms with Crippen molar-refractivity contribution in [2.75, 3.05) is 69.1 Å². The molecule has 3 aliphatic carbocycles. The summed E-state index contributed by atoms with van der Waals surface area (Å²) in [5, 5.41) is 27.7. The van der Waals surface area contributed by atoms with E-state index in [0.717, 1.165) is 83.8 Å². The first-order chi connectivity index (χ1) is 61.6. The van der Waals surface area contributed by atoms with Crippen molar-refractivity contribution in [1.29, 1.82) is 0 Å². The van der Waals surface area contributed by atoms with Gasteiger partial charge in [-0.3, -0.25) is 28.4 Å². The number of rotatable bonds is 40. The normalized spacial score (nSPS) is 12.3. The maximum atomic E-state index is 13.9. The number of benzene rings is 7. The van der Waals surface area contributed by atoms with Crippen LogP contribution in [0.25, 0.3) is 0 Å². The Balaban J connectivity index is 0.000000199. The van der Waals surface area contributed by atoms with Crippen LogP contribution >= 0.6 is 0 Å². The van der Waals surface area contributed by atoms with Crippen molar-refractivity contribution in [3.05, 3.63) is 219 Å². The third-order valence-corrected chi connectivity index (χ3v) is 19.5. The number of carboxylic acid groups (broad SMARTS) is 1. The van der Waals surface area contributed by atoms with Gasteiger partial charge in [0.15, 0.2) is 52.3 Å². The van der Waals surface area contributed by atoms with Gasteiger partial charge in [0.1, 0.15) is 51.6 Å². The number of methoxy groups -OCH3 is 6. The van der Waals surface area contributed by atoms with E-state index in [1.54, 1.807) is 179 Å². The van der Waals surface area contributed by atoms with Crippen LogP contribution in [0, 0.1) is 0 Å². The number of aldehydes is 1. The van der Waals surface area contributed by atoms with Crippen LogP contribution in [0.1, 0.15) is 176 Å². The topological polar surface area (TPSA) is 325 Å². The summed E-state index contributed by atoms with van der Waals surface area (Å²) in [7, 11) is 14.6. The van der Waals surface area contributed by atoms with Crippen LogP contribution in [-0.4, -0.2) is 159 Å². The van der Waals surface area contributed by atoms with Crippen LogP contribution in [0.2, 0.25) is 0 Å². The number of carbonyl (C=O) groups excluding carboxylic acids is 3. The van der Waals surface area contributed by atoms with Crippen LogP contribution < -0.4 is 82.7 Å². The van der Waals surface area contributed by atoms with Gasteiger partial charge in [0.25, 0.3) is 11.8 Å². The van der Waals surface area contributed by atoms with Gasteiger partial charge in [-0.1, -0.05) is 54.6 Å². The van der Waals surface area contributed by atoms with Gasteiger partial charge < -0.3 is 92.7 Å². The van der Waals surface area contributed by atoms with Crippen molar-refractivity contribution < 1.29 is 126 Å². The lowest BCUT2D eigenvalue weighted by molar-refractivity contribution is -0.0528. The fourth-order valence-corrected chi connectivity index (χ4v) is 12.9. The zero-order valence-electron chi connectivity index (χ0n) is 73.3. The lowest BCUT2D eigenvalue weighted by Gasteiger charge is -2.25. The van der Waals surface area contributed by atoms with Crippen molar-refractivity contribution in [3.63, 3.8) is 0 Å². The molecule has 10 aromatic rings. The molecule has 29 nitrogen and oxygen atoms in total. The standard InChI is InChI=1S/C27H31F2N3O5.C19H23F2NO4.C18H21F2N3O3.C10H10F2O3.C9H13NO2.C8H10N2O2/c1-5-36-23-8-6-7-19(25(23)37-27(28)29)16-32(15-18-11-12-20(34-3)13-24(18)35-4)26(33)22-14-21(17-9-10-17)30-31(22)2;1-4-25-16-7-5-6-14(18(16)26-19(20)21)12-22-11-13-8-9-15(23-2)10-17(13)24-3;1-3-25-15-6-4-5-12(16(15)26-18(19)20)10-21-17(24)14-9-13(11-7-8-11)22-23(14)2;1-2-14-8-5-3-4-7(6-13)9(8)15-10(11)12;1-11-8-4-3-7(6-10)9(5-8)12-2;1-10-7(8(11)12)4-6(9-10)5-2-3-5/h6-8,11-14,17,27H,5,9-10,15-16H2,1-4H3;5-10,19,22H,4,11-12H2,1-3H3;4-6,9,11,18H,3,7-8,10H2,1-2H3,(H,21,24);3-6,10H,2H2,1H3;3-5H,6,10H2,1-2H3;4-5H,2-3H2,1H3,(H,11,12). The molecule has 5 N–H and O–H groups in total. The van der Waals surface area contributed by atoms with E-state index in [2.05, 4.69) is 40.1 Å². The minimum absolute atomic E-state index is 0.0130. The Morgan fingerprint density at radius 1 is 0.430 bits per heavy atom. The van der Waals surface area contributed by atoms with Crippen molar-refractivity contribution in [1.82, 2.24) is 44.9 Å². The summed E-state index contributed by atoms with van der Waals surface area (Å²) in [6, 6.07) is 40.8. The number of aromatic nitrogens is 6. The Hall–Kier alpha value is -13.2. The molecule has 0 atom stereocenters. The minimum Gasteiger partial charge on any atom is -0.497 e. The Morgan fingerprint density at radius 3 is 1.17 bits per heavy atom. The molecule has 2 amide bonds. The van der Waals surface area contributed by atoms with Gasteiger partial charge in [-0.2, -0.15) is 50.4 Å². The molecular weight excluding hydrogens is 1690 g/mol. The second kappa shape index (κ2) is 50.2. The van der Waals surface area contributed by atoms with Crippen molar-refractivity contribution in [2.24, 2.45) is 26.9 Å². The number of nitrogens with two attached hydrogens (primary N) is 1. The zero-order valence-corrected chi connectivity index (χ0v) is 73.3. The van der Waals surface area contributed by atoms with E-state index in [-0.39, 0.29) is 89.6 Å². The first kappa shape index (κ1) is 100. The summed E-state index contributed by atoms with van der Waals surface area (Å²) < 4.78 is 178. The molecule has 3 saturated carbocycles. The zero-order chi connectivity index (χ0) is 93.1. The molecule has 3 aromatic heterocycles. The van der Waals surface area contributed by atoms with E-state index >= 15 is 0 Å². The molecule has 0 radical (unpaired) electrons. The number of aryl methyl sites for hydroxylation is 3. The van der Waals surface area contributed by atoms with Gasteiger partial charge >= 0.3 is 32.4 Å². The van der Waals surface area contributed by atoms with E-state index in [0.29, 0.717) is 120 Å². The predicted octanol–water partition coefficient (Wildman–Crippen LogP) is 17.0. The quantitative estimate of drug-likeness (QED) is 0.0205. The number of carbonyl (C=O) groups is 4. The van der Waals surface area contributed by atoms with Crippen LogP contribution in [0.5, 0.6) is 80.5 Å². The van der Waals surface area contributed by atoms with E-state index in [1.807, 2.05) is 42.5 Å². The number of alkyl halides is 8. The Morgan fingerprint density at radius 2 is 0.773 bits per heavy atom. The highest BCUT2D eigenvalue weighted by molar-refractivity contribution is 5.93. The maximum Gasteiger partial charge on any atom is 0.387 e. The van der Waals surface area contributed by atoms with Crippen molar-refractivity contribution in [3.8, 4) is 80.5 Å². The maximum absolute atomic E-state index is 13.9. The predicted molar refractivity (Wildman–Crippen MR) is 457 cm³/mol. The number of hydrogen-bond donors (Lipinski definition) is 4. The highest BCUT2D eigenvalue weighted by atomic mass is 19.3. The van der Waals surface area contributed by atoms with Gasteiger partial charge in [0, 0.05) is 117 Å². The van der Waals surface area contributed by atoms with Gasteiger partial charge in [-0.25, -0.2) is 4.79 Å². The lowest BCUT2D eigenvalue weighted by atomic mass is 10.1. The summed E-state index contributed by atoms with van der Waals surface area (Å²) >= 11 is 0. The number of nitrogens with one attached hydrogen (secondary N) is 2. The Labute approximate surface area is 736 Å². The number of ether oxygens (including phenoxy) is 14.